The highest BCUT2D eigenvalue weighted by molar-refractivity contribution is 5.71. The Labute approximate surface area is 237 Å². The van der Waals surface area contributed by atoms with Crippen molar-refractivity contribution >= 4 is 5.97 Å². The van der Waals surface area contributed by atoms with Crippen molar-refractivity contribution in [2.75, 3.05) is 13.1 Å². The lowest BCUT2D eigenvalue weighted by Crippen LogP contribution is -2.40. The first kappa shape index (κ1) is 29.1. The van der Waals surface area contributed by atoms with Crippen molar-refractivity contribution in [1.29, 1.82) is 0 Å². The fraction of sp³-hybridized carbons (Fsp3) is 0.567. The first-order valence-electron chi connectivity index (χ1n) is 14.2. The maximum atomic E-state index is 13.0. The van der Waals surface area contributed by atoms with E-state index in [1.807, 2.05) is 0 Å². The van der Waals surface area contributed by atoms with Gasteiger partial charge in [-0.2, -0.15) is 0 Å². The van der Waals surface area contributed by atoms with E-state index in [9.17, 15) is 23.1 Å². The number of carbonyl (C=O) groups is 1. The second-order valence-electron chi connectivity index (χ2n) is 11.5. The van der Waals surface area contributed by atoms with Crippen LogP contribution in [0, 0.1) is 17.8 Å². The van der Waals surface area contributed by atoms with Gasteiger partial charge in [0.05, 0.1) is 12.5 Å². The molecule has 1 N–H and O–H groups in total. The number of carboxylic acids is 1. The predicted octanol–water partition coefficient (Wildman–Crippen LogP) is 7.22. The number of halogens is 3. The van der Waals surface area contributed by atoms with E-state index in [1.54, 1.807) is 13.0 Å². The number of ether oxygens (including phenoxy) is 2. The molecule has 0 bridgehead atoms. The maximum absolute atomic E-state index is 13.0. The van der Waals surface area contributed by atoms with Gasteiger partial charge in [-0.05, 0) is 104 Å². The van der Waals surface area contributed by atoms with Crippen molar-refractivity contribution in [1.82, 2.24) is 4.90 Å². The number of azide groups is 1. The van der Waals surface area contributed by atoms with Crippen LogP contribution >= 0.6 is 0 Å². The largest absolute Gasteiger partial charge is 0.573 e. The van der Waals surface area contributed by atoms with E-state index in [-0.39, 0.29) is 24.3 Å². The van der Waals surface area contributed by atoms with Gasteiger partial charge < -0.3 is 14.6 Å². The molecule has 11 heteroatoms. The standard InChI is InChI=1S/C30H35F3N4O4/c1-18(29(38)39)28(22-4-5-22)23-6-3-20-7-9-25(40-27(20)15-23)21-10-12-37(13-11-21)17-24-14-19(16-35-36-34)2-8-26(24)41-30(31,32)33/h2-3,6,8,14-15,18,21-22,25,28H,4-5,7,9-13,16-17H2,1H3,(H,38,39)/t18-,25+,28-/m0/s1. The third kappa shape index (κ3) is 7.26. The van der Waals surface area contributed by atoms with Gasteiger partial charge in [0.2, 0.25) is 0 Å². The van der Waals surface area contributed by atoms with E-state index in [1.165, 1.54) is 12.1 Å². The van der Waals surface area contributed by atoms with E-state index >= 15 is 0 Å². The van der Waals surface area contributed by atoms with E-state index < -0.39 is 18.2 Å². The lowest BCUT2D eigenvalue weighted by Gasteiger charge is -2.38. The summed E-state index contributed by atoms with van der Waals surface area (Å²) in [6.45, 7) is 3.56. The average Bonchev–Trinajstić information content (AvgIpc) is 3.77. The van der Waals surface area contributed by atoms with Crippen LogP contribution in [-0.4, -0.2) is 41.5 Å². The molecule has 8 nitrogen and oxygen atoms in total. The molecule has 1 aliphatic carbocycles. The summed E-state index contributed by atoms with van der Waals surface area (Å²) in [5, 5.41) is 13.2. The Morgan fingerprint density at radius 2 is 1.93 bits per heavy atom. The van der Waals surface area contributed by atoms with Crippen molar-refractivity contribution in [2.45, 2.75) is 76.9 Å². The van der Waals surface area contributed by atoms with Crippen molar-refractivity contribution in [3.63, 3.8) is 0 Å². The number of hydrogen-bond donors (Lipinski definition) is 1. The molecule has 3 atom stereocenters. The number of piperidine rings is 1. The molecule has 1 saturated heterocycles. The number of fused-ring (bicyclic) bond motifs is 1. The number of benzene rings is 2. The fourth-order valence-electron chi connectivity index (χ4n) is 6.44. The summed E-state index contributed by atoms with van der Waals surface area (Å²) in [5.74, 6) is 0.105. The third-order valence-electron chi connectivity index (χ3n) is 8.73. The third-order valence-corrected chi connectivity index (χ3v) is 8.73. The van der Waals surface area contributed by atoms with Crippen LogP contribution < -0.4 is 9.47 Å². The molecule has 2 aliphatic heterocycles. The van der Waals surface area contributed by atoms with Crippen LogP contribution in [0.4, 0.5) is 13.2 Å². The molecule has 2 heterocycles. The maximum Gasteiger partial charge on any atom is 0.573 e. The summed E-state index contributed by atoms with van der Waals surface area (Å²) in [6, 6.07) is 10.6. The molecule has 220 valence electrons. The molecule has 2 aromatic carbocycles. The Balaban J connectivity index is 1.22. The van der Waals surface area contributed by atoms with Gasteiger partial charge in [0.1, 0.15) is 17.6 Å². The highest BCUT2D eigenvalue weighted by Gasteiger charge is 2.39. The van der Waals surface area contributed by atoms with Gasteiger partial charge in [-0.25, -0.2) is 0 Å². The van der Waals surface area contributed by atoms with Crippen LogP contribution in [0.25, 0.3) is 10.4 Å². The zero-order chi connectivity index (χ0) is 29.1. The smallest absolute Gasteiger partial charge is 0.490 e. The van der Waals surface area contributed by atoms with Crippen LogP contribution in [0.5, 0.6) is 11.5 Å². The molecule has 0 spiro atoms. The summed E-state index contributed by atoms with van der Waals surface area (Å²) >= 11 is 0. The summed E-state index contributed by atoms with van der Waals surface area (Å²) < 4.78 is 49.8. The lowest BCUT2D eigenvalue weighted by atomic mass is 9.81. The summed E-state index contributed by atoms with van der Waals surface area (Å²) in [5.41, 5.74) is 11.8. The monoisotopic (exact) mass is 572 g/mol. The highest BCUT2D eigenvalue weighted by Crippen LogP contribution is 2.48. The van der Waals surface area contributed by atoms with E-state index in [0.717, 1.165) is 55.4 Å². The van der Waals surface area contributed by atoms with Crippen LogP contribution in [0.1, 0.15) is 67.2 Å². The SMILES string of the molecule is C[C@H](C(=O)O)[C@H](c1ccc2c(c1)O[C@@H](C1CCN(Cc3cc(CN=[N+]=[N-])ccc3OC(F)(F)F)CC1)CC2)C1CC1. The summed E-state index contributed by atoms with van der Waals surface area (Å²) in [4.78, 5) is 16.6. The number of alkyl halides is 3. The molecule has 0 unspecified atom stereocenters. The van der Waals surface area contributed by atoms with Gasteiger partial charge in [-0.15, -0.1) is 13.2 Å². The van der Waals surface area contributed by atoms with Crippen LogP contribution in [0.3, 0.4) is 0 Å². The number of aliphatic carboxylic acids is 1. The number of rotatable bonds is 10. The highest BCUT2D eigenvalue weighted by atomic mass is 19.4. The molecule has 2 aromatic rings. The average molecular weight is 573 g/mol. The van der Waals surface area contributed by atoms with Crippen molar-refractivity contribution in [3.8, 4) is 11.5 Å². The minimum absolute atomic E-state index is 0.0126. The molecule has 0 radical (unpaired) electrons. The number of aryl methyl sites for hydroxylation is 1. The van der Waals surface area contributed by atoms with Crippen molar-refractivity contribution < 1.29 is 32.5 Å². The molecular weight excluding hydrogens is 537 g/mol. The topological polar surface area (TPSA) is 108 Å². The fourth-order valence-corrected chi connectivity index (χ4v) is 6.44. The van der Waals surface area contributed by atoms with Gasteiger partial charge in [-0.3, -0.25) is 9.69 Å². The molecule has 3 aliphatic rings. The van der Waals surface area contributed by atoms with E-state index in [0.29, 0.717) is 42.6 Å². The molecule has 5 rings (SSSR count). The van der Waals surface area contributed by atoms with Gasteiger partial charge >= 0.3 is 12.3 Å². The van der Waals surface area contributed by atoms with Crippen molar-refractivity contribution in [2.24, 2.45) is 22.9 Å². The quantitative estimate of drug-likeness (QED) is 0.184. The number of hydrogen-bond acceptors (Lipinski definition) is 5. The zero-order valence-corrected chi connectivity index (χ0v) is 23.0. The molecule has 1 saturated carbocycles. The van der Waals surface area contributed by atoms with Crippen LogP contribution in [0.15, 0.2) is 41.5 Å². The minimum atomic E-state index is -4.80. The summed E-state index contributed by atoms with van der Waals surface area (Å²) in [6.07, 6.45) is 0.883. The Bertz CT molecular complexity index is 1300. The first-order chi connectivity index (χ1) is 19.6. The Morgan fingerprint density at radius 1 is 1.17 bits per heavy atom. The zero-order valence-electron chi connectivity index (χ0n) is 23.0. The minimum Gasteiger partial charge on any atom is -0.490 e. The number of likely N-dealkylation sites (tertiary alicyclic amines) is 1. The van der Waals surface area contributed by atoms with Crippen molar-refractivity contribution in [3.05, 3.63) is 69.1 Å². The van der Waals surface area contributed by atoms with E-state index in [2.05, 4.69) is 37.9 Å². The Kier molecular flexibility index (Phi) is 8.66. The lowest BCUT2D eigenvalue weighted by molar-refractivity contribution is -0.275. The van der Waals surface area contributed by atoms with Crippen LogP contribution in [0.2, 0.25) is 0 Å². The van der Waals surface area contributed by atoms with Gasteiger partial charge in [0.15, 0.2) is 0 Å². The van der Waals surface area contributed by atoms with Gasteiger partial charge in [0, 0.05) is 17.0 Å². The van der Waals surface area contributed by atoms with E-state index in [4.69, 9.17) is 10.3 Å². The molecular formula is C30H35F3N4O4. The number of carboxylic acid groups (broad SMARTS) is 1. The predicted molar refractivity (Wildman–Crippen MR) is 145 cm³/mol. The second-order valence-corrected chi connectivity index (χ2v) is 11.5. The van der Waals surface area contributed by atoms with Gasteiger partial charge in [-0.1, -0.05) is 36.3 Å². The molecule has 2 fully saturated rings. The normalized spacial score (nSPS) is 21.2. The molecule has 0 amide bonds. The Morgan fingerprint density at radius 3 is 2.59 bits per heavy atom. The molecule has 41 heavy (non-hydrogen) atoms. The Hall–Kier alpha value is -3.43. The molecule has 0 aromatic heterocycles. The van der Waals surface area contributed by atoms with Crippen LogP contribution in [-0.2, 0) is 24.3 Å². The second kappa shape index (κ2) is 12.2. The summed E-state index contributed by atoms with van der Waals surface area (Å²) in [7, 11) is 0. The number of nitrogens with zero attached hydrogens (tertiary/aromatic N) is 4. The van der Waals surface area contributed by atoms with Gasteiger partial charge in [0.25, 0.3) is 0 Å². The first-order valence-corrected chi connectivity index (χ1v) is 14.2.